The lowest BCUT2D eigenvalue weighted by atomic mass is 9.88. The van der Waals surface area contributed by atoms with Gasteiger partial charge in [0.2, 0.25) is 0 Å². The Morgan fingerprint density at radius 3 is 2.12 bits per heavy atom. The Balaban J connectivity index is 0.000000580. The highest BCUT2D eigenvalue weighted by Gasteiger charge is 2.22. The van der Waals surface area contributed by atoms with Crippen LogP contribution in [0.2, 0.25) is 0 Å². The first-order valence-corrected chi connectivity index (χ1v) is 10.4. The number of fused-ring (bicyclic) bond motifs is 1. The van der Waals surface area contributed by atoms with E-state index in [2.05, 4.69) is 82.0 Å². The van der Waals surface area contributed by atoms with E-state index in [4.69, 9.17) is 0 Å². The molecule has 26 heavy (non-hydrogen) atoms. The Kier molecular flexibility index (Phi) is 13.4. The van der Waals surface area contributed by atoms with Gasteiger partial charge >= 0.3 is 0 Å². The lowest BCUT2D eigenvalue weighted by Crippen LogP contribution is -2.02. The largest absolute Gasteiger partial charge is 0.0996 e. The van der Waals surface area contributed by atoms with Gasteiger partial charge in [0.15, 0.2) is 0 Å². The van der Waals surface area contributed by atoms with Crippen molar-refractivity contribution in [3.05, 3.63) is 77.4 Å². The molecule has 0 aliphatic heterocycles. The molecule has 0 saturated heterocycles. The summed E-state index contributed by atoms with van der Waals surface area (Å²) in [6.07, 6.45) is 14.1. The number of allylic oxidation sites excluding steroid dienone is 6. The van der Waals surface area contributed by atoms with Gasteiger partial charge in [0.05, 0.1) is 0 Å². The standard InChI is InChI=1S/C17H22.C5H6.2C2H6/c1-5-12(2)13(3)10-16-11-15-8-6-7-9-17(15)14(16)4;1-2-4-5-3-1;2*1-2/h6-9,11,13-14H,2,5,10H2,1,3-4H3;1-4H,5H2;2*1-2H3. The molecule has 2 unspecified atom stereocenters. The molecule has 0 heteroatoms. The fourth-order valence-corrected chi connectivity index (χ4v) is 3.04. The van der Waals surface area contributed by atoms with Crippen LogP contribution in [0.3, 0.4) is 0 Å². The Bertz CT molecular complexity index is 588. The predicted molar refractivity (Wildman–Crippen MR) is 122 cm³/mol. The Hall–Kier alpha value is -1.82. The van der Waals surface area contributed by atoms with E-state index in [1.165, 1.54) is 16.7 Å². The van der Waals surface area contributed by atoms with Crippen molar-refractivity contribution in [3.8, 4) is 0 Å². The van der Waals surface area contributed by atoms with Crippen LogP contribution < -0.4 is 0 Å². The van der Waals surface area contributed by atoms with Crippen molar-refractivity contribution in [2.45, 2.75) is 73.6 Å². The summed E-state index contributed by atoms with van der Waals surface area (Å²) in [4.78, 5) is 0. The van der Waals surface area contributed by atoms with Crippen molar-refractivity contribution >= 4 is 6.08 Å². The Labute approximate surface area is 163 Å². The molecular weight excluding hydrogens is 312 g/mol. The molecule has 0 amide bonds. The molecule has 3 rings (SSSR count). The zero-order valence-electron chi connectivity index (χ0n) is 18.2. The summed E-state index contributed by atoms with van der Waals surface area (Å²) in [6.45, 7) is 19.0. The molecule has 2 atom stereocenters. The molecule has 2 aliphatic carbocycles. The summed E-state index contributed by atoms with van der Waals surface area (Å²) in [5.74, 6) is 1.18. The third kappa shape index (κ3) is 7.60. The van der Waals surface area contributed by atoms with Crippen LogP contribution in [0.5, 0.6) is 0 Å². The quantitative estimate of drug-likeness (QED) is 0.475. The molecule has 0 radical (unpaired) electrons. The van der Waals surface area contributed by atoms with E-state index in [1.807, 2.05) is 27.7 Å². The van der Waals surface area contributed by atoms with E-state index in [9.17, 15) is 0 Å². The van der Waals surface area contributed by atoms with Gasteiger partial charge in [-0.15, -0.1) is 0 Å². The van der Waals surface area contributed by atoms with E-state index in [-0.39, 0.29) is 0 Å². The van der Waals surface area contributed by atoms with Crippen molar-refractivity contribution < 1.29 is 0 Å². The van der Waals surface area contributed by atoms with Crippen LogP contribution in [0.1, 0.15) is 84.8 Å². The van der Waals surface area contributed by atoms with Gasteiger partial charge in [-0.1, -0.05) is 121 Å². The Morgan fingerprint density at radius 1 is 1.08 bits per heavy atom. The summed E-state index contributed by atoms with van der Waals surface area (Å²) in [6, 6.07) is 8.74. The van der Waals surface area contributed by atoms with Crippen LogP contribution in [0.15, 0.2) is 66.3 Å². The van der Waals surface area contributed by atoms with Crippen LogP contribution >= 0.6 is 0 Å². The molecule has 0 aromatic heterocycles. The summed E-state index contributed by atoms with van der Waals surface area (Å²) in [7, 11) is 0. The van der Waals surface area contributed by atoms with Crippen molar-refractivity contribution in [2.75, 3.05) is 0 Å². The fraction of sp³-hybridized carbons (Fsp3) is 0.462. The SMILES string of the molecule is C1=CCC=C1.C=C(CC)C(C)CC1=Cc2ccccc2C1C.CC.CC. The highest BCUT2D eigenvalue weighted by molar-refractivity contribution is 5.66. The number of rotatable bonds is 4. The molecule has 0 N–H and O–H groups in total. The molecule has 1 aromatic carbocycles. The van der Waals surface area contributed by atoms with Gasteiger partial charge in [-0.3, -0.25) is 0 Å². The molecular formula is C26H40. The van der Waals surface area contributed by atoms with Crippen molar-refractivity contribution in [1.82, 2.24) is 0 Å². The minimum atomic E-state index is 0.582. The second-order valence-corrected chi connectivity index (χ2v) is 6.28. The van der Waals surface area contributed by atoms with Gasteiger partial charge in [0, 0.05) is 5.92 Å². The van der Waals surface area contributed by atoms with Crippen LogP contribution in [0.4, 0.5) is 0 Å². The van der Waals surface area contributed by atoms with Crippen molar-refractivity contribution in [1.29, 1.82) is 0 Å². The van der Waals surface area contributed by atoms with E-state index < -0.39 is 0 Å². The highest BCUT2D eigenvalue weighted by Crippen LogP contribution is 2.39. The van der Waals surface area contributed by atoms with Gasteiger partial charge in [0.25, 0.3) is 0 Å². The third-order valence-electron chi connectivity index (χ3n) is 4.71. The first-order chi connectivity index (χ1) is 12.6. The van der Waals surface area contributed by atoms with E-state index in [1.54, 1.807) is 5.57 Å². The maximum Gasteiger partial charge on any atom is 0.00293 e. The third-order valence-corrected chi connectivity index (χ3v) is 4.71. The first-order valence-electron chi connectivity index (χ1n) is 10.4. The second kappa shape index (κ2) is 14.4. The van der Waals surface area contributed by atoms with Gasteiger partial charge < -0.3 is 0 Å². The smallest absolute Gasteiger partial charge is 0.00293 e. The van der Waals surface area contributed by atoms with E-state index in [0.717, 1.165) is 19.3 Å². The molecule has 0 spiro atoms. The Morgan fingerprint density at radius 2 is 1.65 bits per heavy atom. The van der Waals surface area contributed by atoms with E-state index in [0.29, 0.717) is 11.8 Å². The maximum atomic E-state index is 4.16. The monoisotopic (exact) mass is 352 g/mol. The fourth-order valence-electron chi connectivity index (χ4n) is 3.04. The van der Waals surface area contributed by atoms with Crippen molar-refractivity contribution in [3.63, 3.8) is 0 Å². The number of hydrogen-bond acceptors (Lipinski definition) is 0. The zero-order chi connectivity index (χ0) is 19.9. The van der Waals surface area contributed by atoms with Crippen LogP contribution in [-0.4, -0.2) is 0 Å². The average molecular weight is 353 g/mol. The van der Waals surface area contributed by atoms with E-state index >= 15 is 0 Å². The first kappa shape index (κ1) is 24.2. The van der Waals surface area contributed by atoms with Gasteiger partial charge in [-0.2, -0.15) is 0 Å². The van der Waals surface area contributed by atoms with Gasteiger partial charge in [-0.05, 0) is 36.3 Å². The lowest BCUT2D eigenvalue weighted by molar-refractivity contribution is 0.630. The maximum absolute atomic E-state index is 4.16. The summed E-state index contributed by atoms with van der Waals surface area (Å²) in [5, 5.41) is 0. The minimum absolute atomic E-state index is 0.582. The normalized spacial score (nSPS) is 16.7. The molecule has 0 heterocycles. The summed E-state index contributed by atoms with van der Waals surface area (Å²) >= 11 is 0. The molecule has 0 fully saturated rings. The highest BCUT2D eigenvalue weighted by atomic mass is 14.3. The zero-order valence-corrected chi connectivity index (χ0v) is 18.2. The average Bonchev–Trinajstić information content (AvgIpc) is 3.38. The van der Waals surface area contributed by atoms with Crippen LogP contribution in [0.25, 0.3) is 6.08 Å². The lowest BCUT2D eigenvalue weighted by Gasteiger charge is -2.17. The second-order valence-electron chi connectivity index (χ2n) is 6.28. The minimum Gasteiger partial charge on any atom is -0.0996 e. The molecule has 0 bridgehead atoms. The number of benzene rings is 1. The summed E-state index contributed by atoms with van der Waals surface area (Å²) < 4.78 is 0. The summed E-state index contributed by atoms with van der Waals surface area (Å²) in [5.41, 5.74) is 5.82. The van der Waals surface area contributed by atoms with Crippen molar-refractivity contribution in [2.24, 2.45) is 5.92 Å². The number of hydrogen-bond donors (Lipinski definition) is 0. The molecule has 2 aliphatic rings. The predicted octanol–water partition coefficient (Wildman–Crippen LogP) is 8.73. The molecule has 0 nitrogen and oxygen atoms in total. The topological polar surface area (TPSA) is 0 Å². The van der Waals surface area contributed by atoms with Crippen LogP contribution in [0, 0.1) is 5.92 Å². The van der Waals surface area contributed by atoms with Gasteiger partial charge in [-0.25, -0.2) is 0 Å². The molecule has 0 saturated carbocycles. The van der Waals surface area contributed by atoms with Crippen LogP contribution in [-0.2, 0) is 0 Å². The van der Waals surface area contributed by atoms with Gasteiger partial charge in [0.1, 0.15) is 0 Å². The molecule has 144 valence electrons. The molecule has 1 aromatic rings.